The van der Waals surface area contributed by atoms with Crippen molar-refractivity contribution in [2.75, 3.05) is 0 Å². The van der Waals surface area contributed by atoms with Crippen molar-refractivity contribution in [3.8, 4) is 0 Å². The Morgan fingerprint density at radius 2 is 1.14 bits per heavy atom. The fourth-order valence-corrected chi connectivity index (χ4v) is 1.87. The zero-order valence-electron chi connectivity index (χ0n) is 17.8. The largest absolute Gasteiger partial charge is 0.370 e. The summed E-state index contributed by atoms with van der Waals surface area (Å²) in [6, 6.07) is 3.28. The van der Waals surface area contributed by atoms with E-state index < -0.39 is 5.91 Å². The van der Waals surface area contributed by atoms with Crippen LogP contribution in [0.1, 0.15) is 34.7 Å². The molecule has 1 amide bonds. The van der Waals surface area contributed by atoms with Crippen LogP contribution in [0.5, 0.6) is 0 Å². The van der Waals surface area contributed by atoms with Crippen LogP contribution >= 0.6 is 0 Å². The van der Waals surface area contributed by atoms with Gasteiger partial charge in [-0.2, -0.15) is 10.6 Å². The molecular weight excluding hydrogens is 1130 g/mol. The fourth-order valence-electron chi connectivity index (χ4n) is 1.87. The molecule has 29 heavy (non-hydrogen) atoms. The number of hydrogen-bond acceptors (Lipinski definition) is 1. The molecule has 4 nitrogen and oxygen atoms in total. The smallest absolute Gasteiger partial charge is 0.192 e. The molecule has 1 aromatic carbocycles. The molecule has 0 aromatic heterocycles. The maximum Gasteiger partial charge on any atom is 0.192 e. The van der Waals surface area contributed by atoms with E-state index in [1.165, 1.54) is 11.1 Å². The van der Waals surface area contributed by atoms with Crippen LogP contribution in [0.25, 0.3) is 5.57 Å². The molecule has 0 fully saturated rings. The minimum Gasteiger partial charge on any atom is -0.370 e. The molecule has 0 aliphatic carbocycles. The predicted octanol–water partition coefficient (Wildman–Crippen LogP) is 1.70. The van der Waals surface area contributed by atoms with E-state index in [2.05, 4.69) is 31.0 Å². The average molecular weight is 1150 g/mol. The van der Waals surface area contributed by atoms with E-state index in [0.717, 1.165) is 16.7 Å². The Morgan fingerprint density at radius 1 is 0.759 bits per heavy atom. The quantitative estimate of drug-likeness (QED) is 0.205. The van der Waals surface area contributed by atoms with Crippen molar-refractivity contribution in [1.29, 1.82) is 0 Å². The summed E-state index contributed by atoms with van der Waals surface area (Å²) in [5.74, 6) is -0.844. The fraction of sp³-hybridized carbons (Fsp3) is 0.333. The zero-order chi connectivity index (χ0) is 14.7. The van der Waals surface area contributed by atoms with Crippen molar-refractivity contribution in [3.63, 3.8) is 0 Å². The Kier molecular flexibility index (Phi) is 84.5. The van der Waals surface area contributed by atoms with Gasteiger partial charge in [0.15, 0.2) is 11.9 Å². The molecule has 1 rings (SSSR count). The molecule has 0 aliphatic rings. The number of benzene rings is 1. The van der Waals surface area contributed by atoms with Gasteiger partial charge in [-0.05, 0) is 0 Å². The number of guanidine groups is 1. The third-order valence-electron chi connectivity index (χ3n) is 3.28. The van der Waals surface area contributed by atoms with Crippen LogP contribution in [0.2, 0.25) is 0 Å². The Bertz CT molecular complexity index is 606. The number of carbonyl (C=O) groups excluding carboxylic acids is 1. The first-order valence-electron chi connectivity index (χ1n) is 5.98. The third kappa shape index (κ3) is 26.9. The number of amides is 1. The van der Waals surface area contributed by atoms with Crippen LogP contribution in [0.4, 0.5) is 0 Å². The molecule has 0 bridgehead atoms. The number of allylic oxidation sites excluding steroid dienone is 1. The van der Waals surface area contributed by atoms with Gasteiger partial charge in [0, 0.05) is 327 Å². The molecule has 14 heteroatoms. The van der Waals surface area contributed by atoms with E-state index in [9.17, 15) is 4.79 Å². The summed E-state index contributed by atoms with van der Waals surface area (Å²) >= 11 is 0. The van der Waals surface area contributed by atoms with Gasteiger partial charge in [-0.3, -0.25) is 15.9 Å². The van der Waals surface area contributed by atoms with Gasteiger partial charge in [0.1, 0.15) is 0 Å². The number of aryl methyl sites for hydroxylation is 1. The van der Waals surface area contributed by atoms with Gasteiger partial charge in [-0.15, -0.1) is 18.1 Å². The van der Waals surface area contributed by atoms with Gasteiger partial charge in [-0.25, -0.2) is 17.7 Å². The second kappa shape index (κ2) is 36.9. The molecule has 0 aliphatic heterocycles. The second-order valence-corrected chi connectivity index (χ2v) is 4.59. The SMILES string of the molecule is CC(=[C-]C(=O)N=C(N)N)c1[c-]c(C)c(C)c(C)c1C.[Y].[Y].[Y].[Y].[Y].[Y].[Y].[Y].[Y].[Y]. The number of hydrogen-bond donors (Lipinski definition) is 2. The van der Waals surface area contributed by atoms with Crippen LogP contribution in [0.15, 0.2) is 4.99 Å². The Balaban J connectivity index is -0.0000000451. The molecule has 0 saturated heterocycles. The van der Waals surface area contributed by atoms with E-state index in [0.29, 0.717) is 5.57 Å². The summed E-state index contributed by atoms with van der Waals surface area (Å²) in [5, 5.41) is 0. The second-order valence-electron chi connectivity index (χ2n) is 4.59. The number of carbonyl (C=O) groups is 1. The van der Waals surface area contributed by atoms with Gasteiger partial charge in [-0.1, -0.05) is 27.7 Å². The number of nitrogens with zero attached hydrogens (tertiary/aromatic N) is 1. The van der Waals surface area contributed by atoms with E-state index in [4.69, 9.17) is 11.5 Å². The van der Waals surface area contributed by atoms with E-state index >= 15 is 0 Å². The van der Waals surface area contributed by atoms with Gasteiger partial charge in [0.2, 0.25) is 0 Å². The molecule has 0 heterocycles. The maximum absolute atomic E-state index is 11.5. The van der Waals surface area contributed by atoms with E-state index in [1.54, 1.807) is 6.92 Å². The molecule has 132 valence electrons. The first-order valence-corrected chi connectivity index (χ1v) is 5.98. The third-order valence-corrected chi connectivity index (χ3v) is 3.28. The molecule has 4 N–H and O–H groups in total. The number of nitrogens with two attached hydrogens (primary N) is 2. The maximum atomic E-state index is 11.5. The summed E-state index contributed by atoms with van der Waals surface area (Å²) in [6.45, 7) is 9.92. The Labute approximate surface area is 428 Å². The molecule has 1 aromatic rings. The molecule has 0 atom stereocenters. The topological polar surface area (TPSA) is 81.5 Å². The summed E-state index contributed by atoms with van der Waals surface area (Å²) in [6.07, 6.45) is 2.64. The zero-order valence-corrected chi connectivity index (χ0v) is 46.2. The monoisotopic (exact) mass is 1150 g/mol. The van der Waals surface area contributed by atoms with Gasteiger partial charge in [0.25, 0.3) is 0 Å². The van der Waals surface area contributed by atoms with Crippen LogP contribution in [-0.2, 0) is 332 Å². The van der Waals surface area contributed by atoms with Crippen molar-refractivity contribution >= 4 is 17.4 Å². The van der Waals surface area contributed by atoms with Gasteiger partial charge in [0.05, 0.1) is 0 Å². The number of rotatable bonds is 2. The summed E-state index contributed by atoms with van der Waals surface area (Å²) in [5.41, 5.74) is 16.4. The van der Waals surface area contributed by atoms with Crippen molar-refractivity contribution in [2.24, 2.45) is 16.5 Å². The number of aliphatic imine (C=N–C) groups is 1. The van der Waals surface area contributed by atoms with Crippen molar-refractivity contribution in [3.05, 3.63) is 40.0 Å². The summed E-state index contributed by atoms with van der Waals surface area (Å²) in [4.78, 5) is 14.9. The predicted molar refractivity (Wildman–Crippen MR) is 77.4 cm³/mol. The van der Waals surface area contributed by atoms with E-state index in [1.807, 2.05) is 13.8 Å². The van der Waals surface area contributed by atoms with Crippen LogP contribution in [0, 0.1) is 39.8 Å². The average Bonchev–Trinajstić information content (AvgIpc) is 2.29. The van der Waals surface area contributed by atoms with Gasteiger partial charge >= 0.3 is 0 Å². The Morgan fingerprint density at radius 3 is 1.48 bits per heavy atom. The summed E-state index contributed by atoms with van der Waals surface area (Å²) < 4.78 is 0. The van der Waals surface area contributed by atoms with Crippen LogP contribution < -0.4 is 11.5 Å². The standard InChI is InChI=1S/C15H19N3O.10Y/c1-8-6-13(12(5)11(4)10(8)3)9(2)7-14(19)18-15(16)17;;;;;;;;;;/h1-5H3,(H4,16,17,18,19);;;;;;;;;;/q-2;;;;;;;;;;. The first kappa shape index (κ1) is 66.3. The van der Waals surface area contributed by atoms with Crippen molar-refractivity contribution in [2.45, 2.75) is 34.6 Å². The molecule has 0 saturated carbocycles. The minimum atomic E-state index is -0.582. The normalized spacial score (nSPS) is 7.41. The van der Waals surface area contributed by atoms with Gasteiger partial charge < -0.3 is 11.5 Å². The molecular formula is C15H19N3OY10-2. The van der Waals surface area contributed by atoms with Crippen LogP contribution in [0.3, 0.4) is 0 Å². The van der Waals surface area contributed by atoms with Crippen molar-refractivity contribution < 1.29 is 332 Å². The minimum absolute atomic E-state index is 0. The first-order chi connectivity index (χ1) is 8.73. The van der Waals surface area contributed by atoms with E-state index in [-0.39, 0.29) is 333 Å². The summed E-state index contributed by atoms with van der Waals surface area (Å²) in [7, 11) is 0. The van der Waals surface area contributed by atoms with Crippen molar-refractivity contribution in [1.82, 2.24) is 0 Å². The Hall–Kier alpha value is 8.94. The molecule has 0 unspecified atom stereocenters. The molecule has 0 spiro atoms. The molecule has 10 radical (unpaired) electrons. The van der Waals surface area contributed by atoms with Crippen LogP contribution in [-0.4, -0.2) is 11.9 Å².